The molecule has 6 nitrogen and oxygen atoms in total. The number of hydrogen-bond acceptors (Lipinski definition) is 5. The first-order valence-corrected chi connectivity index (χ1v) is 10.1. The molecule has 2 heterocycles. The van der Waals surface area contributed by atoms with E-state index in [0.29, 0.717) is 27.9 Å². The minimum atomic E-state index is -0.240. The maximum atomic E-state index is 12.9. The molecule has 0 bridgehead atoms. The molecule has 0 spiro atoms. The molecule has 0 fully saturated rings. The number of ether oxygens (including phenoxy) is 2. The summed E-state index contributed by atoms with van der Waals surface area (Å²) in [5.74, 6) is 3.15. The molecule has 1 aromatic heterocycles. The van der Waals surface area contributed by atoms with Crippen molar-refractivity contribution in [1.82, 2.24) is 9.78 Å². The van der Waals surface area contributed by atoms with Gasteiger partial charge in [0.15, 0.2) is 11.5 Å². The lowest BCUT2D eigenvalue weighted by Gasteiger charge is -2.13. The third kappa shape index (κ3) is 3.43. The number of amides is 1. The summed E-state index contributed by atoms with van der Waals surface area (Å²) in [7, 11) is 3.10. The number of carbonyl (C=O) groups is 1. The van der Waals surface area contributed by atoms with Crippen LogP contribution in [0.1, 0.15) is 21.6 Å². The lowest BCUT2D eigenvalue weighted by Crippen LogP contribution is -2.16. The third-order valence-electron chi connectivity index (χ3n) is 4.50. The fourth-order valence-corrected chi connectivity index (χ4v) is 4.23. The first-order chi connectivity index (χ1) is 13.6. The summed E-state index contributed by atoms with van der Waals surface area (Å²) in [5, 5.41) is 8.37. The minimum absolute atomic E-state index is 0.240. The Bertz CT molecular complexity index is 1030. The molecule has 0 aliphatic carbocycles. The van der Waals surface area contributed by atoms with Crippen LogP contribution in [0.15, 0.2) is 42.5 Å². The molecule has 28 heavy (non-hydrogen) atoms. The van der Waals surface area contributed by atoms with Crippen molar-refractivity contribution < 1.29 is 14.3 Å². The van der Waals surface area contributed by atoms with Crippen molar-refractivity contribution in [2.75, 3.05) is 19.5 Å². The summed E-state index contributed by atoms with van der Waals surface area (Å²) in [6.45, 7) is 0. The molecule has 0 saturated carbocycles. The first kappa shape index (κ1) is 18.7. The number of aromatic nitrogens is 2. The van der Waals surface area contributed by atoms with E-state index >= 15 is 0 Å². The third-order valence-corrected chi connectivity index (χ3v) is 5.72. The number of nitrogens with zero attached hydrogens (tertiary/aromatic N) is 2. The fraction of sp³-hybridized carbons (Fsp3) is 0.200. The quantitative estimate of drug-likeness (QED) is 0.662. The second kappa shape index (κ2) is 7.77. The monoisotopic (exact) mass is 415 g/mol. The van der Waals surface area contributed by atoms with Crippen LogP contribution in [0.3, 0.4) is 0 Å². The van der Waals surface area contributed by atoms with Crippen molar-refractivity contribution in [3.05, 3.63) is 64.3 Å². The van der Waals surface area contributed by atoms with Gasteiger partial charge in [-0.15, -0.1) is 0 Å². The molecule has 1 N–H and O–H groups in total. The molecule has 8 heteroatoms. The SMILES string of the molecule is COc1ccc(C(=O)Nc2c3c(nn2-c2ccc(Cl)cc2)CSC3)cc1OC. The minimum Gasteiger partial charge on any atom is -0.493 e. The van der Waals surface area contributed by atoms with Gasteiger partial charge in [-0.2, -0.15) is 16.9 Å². The zero-order chi connectivity index (χ0) is 19.7. The van der Waals surface area contributed by atoms with Gasteiger partial charge in [-0.05, 0) is 42.5 Å². The standard InChI is InChI=1S/C20H18ClN3O3S/c1-26-17-8-3-12(9-18(17)27-2)20(25)22-19-15-10-28-11-16(15)23-24(19)14-6-4-13(21)5-7-14/h3-9H,10-11H2,1-2H3,(H,22,25). The molecule has 4 rings (SSSR count). The highest BCUT2D eigenvalue weighted by Crippen LogP contribution is 2.36. The number of thioether (sulfide) groups is 1. The maximum absolute atomic E-state index is 12.9. The molecule has 0 unspecified atom stereocenters. The number of rotatable bonds is 5. The molecule has 2 aromatic carbocycles. The number of carbonyl (C=O) groups excluding carboxylic acids is 1. The highest BCUT2D eigenvalue weighted by Gasteiger charge is 2.25. The molecule has 3 aromatic rings. The number of benzene rings is 2. The highest BCUT2D eigenvalue weighted by atomic mass is 35.5. The van der Waals surface area contributed by atoms with Crippen molar-refractivity contribution >= 4 is 35.1 Å². The van der Waals surface area contributed by atoms with Gasteiger partial charge in [-0.25, -0.2) is 4.68 Å². The van der Waals surface area contributed by atoms with Crippen LogP contribution < -0.4 is 14.8 Å². The van der Waals surface area contributed by atoms with Crippen LogP contribution in [-0.4, -0.2) is 29.9 Å². The number of halogens is 1. The van der Waals surface area contributed by atoms with Crippen molar-refractivity contribution in [3.63, 3.8) is 0 Å². The summed E-state index contributed by atoms with van der Waals surface area (Å²) >= 11 is 7.79. The second-order valence-electron chi connectivity index (χ2n) is 6.18. The molecular weight excluding hydrogens is 398 g/mol. The van der Waals surface area contributed by atoms with Gasteiger partial charge in [0.1, 0.15) is 5.82 Å². The Kier molecular flexibility index (Phi) is 5.19. The van der Waals surface area contributed by atoms with Gasteiger partial charge in [0, 0.05) is 27.7 Å². The van der Waals surface area contributed by atoms with Crippen LogP contribution in [0.5, 0.6) is 11.5 Å². The summed E-state index contributed by atoms with van der Waals surface area (Å²) < 4.78 is 12.3. The van der Waals surface area contributed by atoms with Gasteiger partial charge in [-0.3, -0.25) is 4.79 Å². The van der Waals surface area contributed by atoms with Crippen LogP contribution in [0.25, 0.3) is 5.69 Å². The second-order valence-corrected chi connectivity index (χ2v) is 7.60. The summed E-state index contributed by atoms with van der Waals surface area (Å²) in [5.41, 5.74) is 3.35. The number of methoxy groups -OCH3 is 2. The summed E-state index contributed by atoms with van der Waals surface area (Å²) in [6.07, 6.45) is 0. The largest absolute Gasteiger partial charge is 0.493 e. The number of hydrogen-bond donors (Lipinski definition) is 1. The van der Waals surface area contributed by atoms with Gasteiger partial charge in [0.2, 0.25) is 0 Å². The average Bonchev–Trinajstić information content (AvgIpc) is 3.30. The van der Waals surface area contributed by atoms with Crippen molar-refractivity contribution in [1.29, 1.82) is 0 Å². The molecule has 0 saturated heterocycles. The normalized spacial score (nSPS) is 12.5. The molecule has 1 aliphatic rings. The van der Waals surface area contributed by atoms with Crippen LogP contribution in [0, 0.1) is 0 Å². The zero-order valence-corrected chi connectivity index (χ0v) is 16.9. The lowest BCUT2D eigenvalue weighted by molar-refractivity contribution is 0.102. The van der Waals surface area contributed by atoms with Gasteiger partial charge < -0.3 is 14.8 Å². The molecule has 0 atom stereocenters. The van der Waals surface area contributed by atoms with E-state index in [9.17, 15) is 4.79 Å². The van der Waals surface area contributed by atoms with E-state index in [1.807, 2.05) is 12.1 Å². The van der Waals surface area contributed by atoms with E-state index in [1.165, 1.54) is 0 Å². The maximum Gasteiger partial charge on any atom is 0.256 e. The predicted octanol–water partition coefficient (Wildman–Crippen LogP) is 4.54. The Balaban J connectivity index is 1.70. The molecule has 1 aliphatic heterocycles. The van der Waals surface area contributed by atoms with E-state index in [0.717, 1.165) is 28.5 Å². The number of nitrogens with one attached hydrogen (secondary N) is 1. The first-order valence-electron chi connectivity index (χ1n) is 8.58. The van der Waals surface area contributed by atoms with Gasteiger partial charge >= 0.3 is 0 Å². The number of fused-ring (bicyclic) bond motifs is 1. The number of anilines is 1. The van der Waals surface area contributed by atoms with Gasteiger partial charge in [-0.1, -0.05) is 11.6 Å². The molecule has 1 amide bonds. The Morgan fingerprint density at radius 2 is 1.86 bits per heavy atom. The van der Waals surface area contributed by atoms with Crippen LogP contribution in [-0.2, 0) is 11.5 Å². The molecule has 144 valence electrons. The highest BCUT2D eigenvalue weighted by molar-refractivity contribution is 7.98. The fourth-order valence-electron chi connectivity index (χ4n) is 3.07. The van der Waals surface area contributed by atoms with E-state index in [4.69, 9.17) is 26.2 Å². The van der Waals surface area contributed by atoms with Crippen molar-refractivity contribution in [2.24, 2.45) is 0 Å². The summed E-state index contributed by atoms with van der Waals surface area (Å²) in [6, 6.07) is 12.4. The van der Waals surface area contributed by atoms with Crippen LogP contribution in [0.2, 0.25) is 5.02 Å². The Morgan fingerprint density at radius 3 is 2.57 bits per heavy atom. The predicted molar refractivity (Wildman–Crippen MR) is 111 cm³/mol. The van der Waals surface area contributed by atoms with E-state index in [1.54, 1.807) is 61.0 Å². The van der Waals surface area contributed by atoms with Crippen molar-refractivity contribution in [2.45, 2.75) is 11.5 Å². The van der Waals surface area contributed by atoms with Gasteiger partial charge in [0.05, 0.1) is 25.6 Å². The molecular formula is C20H18ClN3O3S. The molecule has 0 radical (unpaired) electrons. The lowest BCUT2D eigenvalue weighted by atomic mass is 10.2. The topological polar surface area (TPSA) is 65.4 Å². The van der Waals surface area contributed by atoms with E-state index in [-0.39, 0.29) is 5.91 Å². The van der Waals surface area contributed by atoms with Crippen LogP contribution >= 0.6 is 23.4 Å². The van der Waals surface area contributed by atoms with E-state index in [2.05, 4.69) is 5.32 Å². The summed E-state index contributed by atoms with van der Waals surface area (Å²) in [4.78, 5) is 12.9. The van der Waals surface area contributed by atoms with E-state index < -0.39 is 0 Å². The Hall–Kier alpha value is -2.64. The Morgan fingerprint density at radius 1 is 1.11 bits per heavy atom. The zero-order valence-electron chi connectivity index (χ0n) is 15.4. The smallest absolute Gasteiger partial charge is 0.256 e. The van der Waals surface area contributed by atoms with Crippen LogP contribution in [0.4, 0.5) is 5.82 Å². The van der Waals surface area contributed by atoms with Gasteiger partial charge in [0.25, 0.3) is 5.91 Å². The Labute approximate surface area is 171 Å². The van der Waals surface area contributed by atoms with Crippen molar-refractivity contribution in [3.8, 4) is 17.2 Å². The average molecular weight is 416 g/mol.